The SMILES string of the molecule is CC(C)c1cccc(-c2cc(-c3cccc(-c4cccc(C5Cc6cc7c(cc6-c6ccccc65)c5ccccc5p7-c5cccc(-c6cccc(-c7cc(-c8ccccc8)cc(-c8ccccc8)c7)c6)c5)c4)c3)cc(-c3cccc4c3C(C)(C)c3ccccc3C4(C)C)c2)c1C(C)(C)c1ccccc1. The molecule has 506 valence electrons. The minimum Gasteiger partial charge on any atom is -0.0772 e. The Bertz CT molecular complexity index is 5950. The smallest absolute Gasteiger partial charge is 0.0158 e. The van der Waals surface area contributed by atoms with Crippen LogP contribution in [0.5, 0.6) is 0 Å². The van der Waals surface area contributed by atoms with Gasteiger partial charge in [0.1, 0.15) is 0 Å². The fourth-order valence-corrected chi connectivity index (χ4v) is 21.0. The van der Waals surface area contributed by atoms with Crippen LogP contribution >= 0.6 is 7.53 Å². The van der Waals surface area contributed by atoms with Gasteiger partial charge in [-0.2, -0.15) is 0 Å². The molecule has 0 radical (unpaired) electrons. The summed E-state index contributed by atoms with van der Waals surface area (Å²) in [6, 6.07) is 132. The van der Waals surface area contributed by atoms with Gasteiger partial charge < -0.3 is 0 Å². The van der Waals surface area contributed by atoms with E-state index in [9.17, 15) is 0 Å². The third-order valence-corrected chi connectivity index (χ3v) is 26.1. The maximum absolute atomic E-state index is 2.63. The number of hydrogen-bond acceptors (Lipinski definition) is 0. The van der Waals surface area contributed by atoms with Crippen LogP contribution in [0.2, 0.25) is 0 Å². The summed E-state index contributed by atoms with van der Waals surface area (Å²) in [6.45, 7) is 19.3. The molecule has 1 heteroatoms. The molecule has 2 atom stereocenters. The van der Waals surface area contributed by atoms with Gasteiger partial charge in [-0.25, -0.2) is 0 Å². The molecule has 0 N–H and O–H groups in total. The molecule has 1 aromatic heterocycles. The second-order valence-electron chi connectivity index (χ2n) is 31.3. The summed E-state index contributed by atoms with van der Waals surface area (Å²) >= 11 is 0. The van der Waals surface area contributed by atoms with E-state index >= 15 is 0 Å². The number of benzene rings is 15. The zero-order chi connectivity index (χ0) is 71.3. The molecule has 0 fully saturated rings. The molecule has 2 aliphatic rings. The van der Waals surface area contributed by atoms with Gasteiger partial charge in [-0.1, -0.05) is 342 Å². The van der Waals surface area contributed by atoms with Crippen LogP contribution in [0.1, 0.15) is 123 Å². The fourth-order valence-electron chi connectivity index (χ4n) is 18.3. The van der Waals surface area contributed by atoms with Crippen molar-refractivity contribution in [3.63, 3.8) is 0 Å². The molecule has 105 heavy (non-hydrogen) atoms. The molecule has 2 aliphatic carbocycles. The van der Waals surface area contributed by atoms with Crippen molar-refractivity contribution in [1.82, 2.24) is 0 Å². The number of hydrogen-bond donors (Lipinski definition) is 0. The summed E-state index contributed by atoms with van der Waals surface area (Å²) in [5, 5.41) is 6.98. The Balaban J connectivity index is 0.725. The van der Waals surface area contributed by atoms with Gasteiger partial charge in [-0.15, -0.1) is 0 Å². The zero-order valence-electron chi connectivity index (χ0n) is 61.2. The highest BCUT2D eigenvalue weighted by atomic mass is 31.1. The Kier molecular flexibility index (Phi) is 16.3. The quantitative estimate of drug-likeness (QED) is 0.108. The molecule has 1 heterocycles. The Labute approximate surface area is 621 Å². The van der Waals surface area contributed by atoms with Crippen LogP contribution in [-0.2, 0) is 22.7 Å². The maximum atomic E-state index is 2.63. The van der Waals surface area contributed by atoms with Crippen LogP contribution in [0, 0.1) is 0 Å². The van der Waals surface area contributed by atoms with Gasteiger partial charge in [-0.05, 0) is 251 Å². The molecule has 0 nitrogen and oxygen atoms in total. The molecule has 0 amide bonds. The second kappa shape index (κ2) is 26.1. The molecular formula is C104H85P. The van der Waals surface area contributed by atoms with E-state index in [1.54, 1.807) is 0 Å². The number of rotatable bonds is 13. The number of fused-ring (bicyclic) bond motifs is 8. The summed E-state index contributed by atoms with van der Waals surface area (Å²) in [6.07, 6.45) is 0.909. The predicted octanol–water partition coefficient (Wildman–Crippen LogP) is 29.1. The van der Waals surface area contributed by atoms with Crippen LogP contribution < -0.4 is 0 Å². The van der Waals surface area contributed by atoms with Crippen LogP contribution in [0.25, 0.3) is 126 Å². The Hall–Kier alpha value is -11.4. The predicted molar refractivity (Wildman–Crippen MR) is 450 cm³/mol. The van der Waals surface area contributed by atoms with Crippen molar-refractivity contribution in [3.8, 4) is 105 Å². The summed E-state index contributed by atoms with van der Waals surface area (Å²) in [5.74, 6) is 0.480. The molecule has 0 saturated carbocycles. The summed E-state index contributed by atoms with van der Waals surface area (Å²) in [5.41, 5.74) is 35.4. The van der Waals surface area contributed by atoms with Crippen LogP contribution in [0.4, 0.5) is 0 Å². The van der Waals surface area contributed by atoms with Gasteiger partial charge in [0.2, 0.25) is 0 Å². The van der Waals surface area contributed by atoms with Crippen molar-refractivity contribution >= 4 is 28.5 Å². The van der Waals surface area contributed by atoms with E-state index in [1.807, 2.05) is 0 Å². The minimum atomic E-state index is -0.872. The van der Waals surface area contributed by atoms with E-state index in [1.165, 1.54) is 182 Å². The van der Waals surface area contributed by atoms with E-state index in [-0.39, 0.29) is 22.2 Å². The molecule has 0 aliphatic heterocycles. The van der Waals surface area contributed by atoms with Crippen LogP contribution in [0.15, 0.2) is 346 Å². The van der Waals surface area contributed by atoms with E-state index in [4.69, 9.17) is 0 Å². The highest BCUT2D eigenvalue weighted by Gasteiger charge is 2.43. The van der Waals surface area contributed by atoms with E-state index in [0.29, 0.717) is 5.92 Å². The zero-order valence-corrected chi connectivity index (χ0v) is 62.1. The monoisotopic (exact) mass is 1360 g/mol. The van der Waals surface area contributed by atoms with Gasteiger partial charge in [0, 0.05) is 32.4 Å². The van der Waals surface area contributed by atoms with E-state index in [0.717, 1.165) is 6.42 Å². The normalized spacial score (nSPS) is 14.4. The van der Waals surface area contributed by atoms with E-state index < -0.39 is 7.53 Å². The van der Waals surface area contributed by atoms with Crippen molar-refractivity contribution in [2.24, 2.45) is 0 Å². The largest absolute Gasteiger partial charge is 0.0772 e. The van der Waals surface area contributed by atoms with Gasteiger partial charge >= 0.3 is 0 Å². The Morgan fingerprint density at radius 2 is 0.771 bits per heavy atom. The minimum absolute atomic E-state index is 0.158. The van der Waals surface area contributed by atoms with Gasteiger partial charge in [0.25, 0.3) is 0 Å². The van der Waals surface area contributed by atoms with Crippen molar-refractivity contribution in [3.05, 3.63) is 401 Å². The summed E-state index contributed by atoms with van der Waals surface area (Å²) in [4.78, 5) is 0. The first-order valence-electron chi connectivity index (χ1n) is 37.6. The lowest BCUT2D eigenvalue weighted by atomic mass is 9.58. The van der Waals surface area contributed by atoms with Crippen molar-refractivity contribution in [2.45, 2.75) is 89.9 Å². The first-order valence-corrected chi connectivity index (χ1v) is 38.9. The summed E-state index contributed by atoms with van der Waals surface area (Å²) in [7, 11) is -0.872. The maximum Gasteiger partial charge on any atom is 0.0158 e. The van der Waals surface area contributed by atoms with Crippen molar-refractivity contribution in [2.75, 3.05) is 0 Å². The second-order valence-corrected chi connectivity index (χ2v) is 33.5. The highest BCUT2D eigenvalue weighted by Crippen LogP contribution is 2.59. The molecule has 0 bridgehead atoms. The lowest BCUT2D eigenvalue weighted by Gasteiger charge is -2.45. The standard InChI is InChI=1S/C104H85P/c1-67(2)86-47-28-48-87(100(86)102(3,4)84-41-16-11-17-42-84)81-60-80(61-82(62-81)88-49-29-52-97-101(88)104(7,8)96-51-22-21-50-95(96)103(97,5)6)74-38-24-34-70(54-74)72-36-26-40-76(56-72)92-64-83-65-99-94(66-93(83)90-45-19-18-44-89(90)92)91-46-20-23-53-98(91)105(99)85-43-27-39-75(63-85)71-35-25-37-73(55-71)79-58-77(68-30-12-9-13-31-68)57-78(59-79)69-32-14-10-15-33-69/h9-63,65-67,92H,64H2,1-8H3. The molecule has 0 spiro atoms. The lowest BCUT2D eigenvalue weighted by molar-refractivity contribution is 0.522. The lowest BCUT2D eigenvalue weighted by Crippen LogP contribution is -2.37. The average Bonchev–Trinajstić information content (AvgIpc) is 1.43. The third-order valence-electron chi connectivity index (χ3n) is 23.6. The summed E-state index contributed by atoms with van der Waals surface area (Å²) < 4.78 is 0. The molecule has 0 saturated heterocycles. The first kappa shape index (κ1) is 65.6. The Morgan fingerprint density at radius 3 is 1.43 bits per heavy atom. The fraction of sp³-hybridized carbons (Fsp3) is 0.135. The van der Waals surface area contributed by atoms with Gasteiger partial charge in [-0.3, -0.25) is 0 Å². The van der Waals surface area contributed by atoms with Crippen LogP contribution in [-0.4, -0.2) is 0 Å². The topological polar surface area (TPSA) is 0 Å². The molecule has 2 unspecified atom stereocenters. The highest BCUT2D eigenvalue weighted by molar-refractivity contribution is 7.68. The van der Waals surface area contributed by atoms with E-state index in [2.05, 4.69) is 401 Å². The van der Waals surface area contributed by atoms with Crippen molar-refractivity contribution in [1.29, 1.82) is 0 Å². The van der Waals surface area contributed by atoms with Crippen LogP contribution in [0.3, 0.4) is 0 Å². The van der Waals surface area contributed by atoms with Crippen molar-refractivity contribution < 1.29 is 0 Å². The van der Waals surface area contributed by atoms with Gasteiger partial charge in [0.05, 0.1) is 0 Å². The third kappa shape index (κ3) is 11.5. The first-order chi connectivity index (χ1) is 51.1. The molecular weight excluding hydrogens is 1280 g/mol. The molecule has 18 rings (SSSR count). The molecule has 15 aromatic carbocycles. The Morgan fingerprint density at radius 1 is 0.324 bits per heavy atom. The average molecular weight is 1370 g/mol. The molecule has 16 aromatic rings. The van der Waals surface area contributed by atoms with Gasteiger partial charge in [0.15, 0.2) is 0 Å².